The van der Waals surface area contributed by atoms with E-state index in [9.17, 15) is 24.5 Å². The van der Waals surface area contributed by atoms with Gasteiger partial charge in [0.1, 0.15) is 5.57 Å². The number of carbonyl (C=O) groups is 3. The second-order valence-electron chi connectivity index (χ2n) is 4.37. The Bertz CT molecular complexity index is 723. The molecule has 2 rings (SSSR count). The van der Waals surface area contributed by atoms with Crippen molar-refractivity contribution in [2.24, 2.45) is 0 Å². The Morgan fingerprint density at radius 3 is 2.68 bits per heavy atom. The molecular weight excluding hydrogens is 290 g/mol. The van der Waals surface area contributed by atoms with Crippen molar-refractivity contribution in [1.82, 2.24) is 10.2 Å². The van der Waals surface area contributed by atoms with Crippen molar-refractivity contribution in [3.63, 3.8) is 0 Å². The zero-order chi connectivity index (χ0) is 16.3. The molecule has 1 aliphatic heterocycles. The van der Waals surface area contributed by atoms with E-state index in [2.05, 4.69) is 6.58 Å². The maximum atomic E-state index is 12.2. The minimum Gasteiger partial charge on any atom is -0.273 e. The maximum Gasteiger partial charge on any atom is 0.331 e. The maximum absolute atomic E-state index is 12.2. The number of nitrogens with one attached hydrogen (secondary N) is 1. The second-order valence-corrected chi connectivity index (χ2v) is 4.37. The van der Waals surface area contributed by atoms with Crippen LogP contribution in [-0.2, 0) is 9.59 Å². The monoisotopic (exact) mass is 301 g/mol. The minimum atomic E-state index is -0.846. The van der Waals surface area contributed by atoms with Crippen LogP contribution in [0.1, 0.15) is 5.56 Å². The number of non-ortho nitro benzene ring substituents is 1. The molecular formula is C14H11N3O5. The molecule has 1 fully saturated rings. The van der Waals surface area contributed by atoms with Crippen LogP contribution in [0.3, 0.4) is 0 Å². The molecule has 0 bridgehead atoms. The van der Waals surface area contributed by atoms with Crippen molar-refractivity contribution in [1.29, 1.82) is 0 Å². The number of hydrogen-bond donors (Lipinski definition) is 1. The van der Waals surface area contributed by atoms with Crippen LogP contribution >= 0.6 is 0 Å². The van der Waals surface area contributed by atoms with E-state index < -0.39 is 22.8 Å². The Kier molecular flexibility index (Phi) is 4.12. The number of carbonyl (C=O) groups excluding carboxylic acids is 3. The van der Waals surface area contributed by atoms with E-state index in [1.807, 2.05) is 5.32 Å². The lowest BCUT2D eigenvalue weighted by atomic mass is 10.1. The van der Waals surface area contributed by atoms with Crippen LogP contribution in [-0.4, -0.2) is 34.2 Å². The molecule has 1 aromatic carbocycles. The normalized spacial score (nSPS) is 16.6. The van der Waals surface area contributed by atoms with E-state index in [1.54, 1.807) is 0 Å². The van der Waals surface area contributed by atoms with Crippen molar-refractivity contribution in [3.8, 4) is 0 Å². The molecule has 1 aromatic rings. The third kappa shape index (κ3) is 2.90. The van der Waals surface area contributed by atoms with E-state index in [0.29, 0.717) is 5.56 Å². The van der Waals surface area contributed by atoms with E-state index in [0.717, 1.165) is 4.90 Å². The van der Waals surface area contributed by atoms with Gasteiger partial charge in [-0.1, -0.05) is 18.2 Å². The molecule has 0 spiro atoms. The Hall–Kier alpha value is -3.29. The first kappa shape index (κ1) is 15.1. The summed E-state index contributed by atoms with van der Waals surface area (Å²) in [6.45, 7) is 3.38. The third-order valence-corrected chi connectivity index (χ3v) is 2.89. The minimum absolute atomic E-state index is 0.0514. The predicted molar refractivity (Wildman–Crippen MR) is 76.5 cm³/mol. The molecule has 8 heteroatoms. The summed E-state index contributed by atoms with van der Waals surface area (Å²) in [4.78, 5) is 46.5. The Morgan fingerprint density at radius 2 is 2.05 bits per heavy atom. The summed E-state index contributed by atoms with van der Waals surface area (Å²) >= 11 is 0. The molecule has 0 radical (unpaired) electrons. The number of nitrogens with zero attached hydrogens (tertiary/aromatic N) is 2. The van der Waals surface area contributed by atoms with E-state index >= 15 is 0 Å². The number of benzene rings is 1. The Labute approximate surface area is 124 Å². The van der Waals surface area contributed by atoms with Crippen LogP contribution in [0.25, 0.3) is 6.08 Å². The van der Waals surface area contributed by atoms with Crippen molar-refractivity contribution in [2.75, 3.05) is 6.54 Å². The highest BCUT2D eigenvalue weighted by Crippen LogP contribution is 2.18. The SMILES string of the molecule is C=CCN1C(=O)NC(=O)/C(=C\c2cccc([N+](=O)[O-])c2)C1=O. The van der Waals surface area contributed by atoms with Crippen molar-refractivity contribution >= 4 is 29.6 Å². The fraction of sp³-hybridized carbons (Fsp3) is 0.0714. The van der Waals surface area contributed by atoms with E-state index in [-0.39, 0.29) is 17.8 Å². The highest BCUT2D eigenvalue weighted by Gasteiger charge is 2.34. The number of hydrogen-bond acceptors (Lipinski definition) is 5. The fourth-order valence-electron chi connectivity index (χ4n) is 1.88. The predicted octanol–water partition coefficient (Wildman–Crippen LogP) is 1.24. The first-order valence-electron chi connectivity index (χ1n) is 6.18. The standard InChI is InChI=1S/C14H11N3O5/c1-2-6-16-13(19)11(12(18)15-14(16)20)8-9-4-3-5-10(7-9)17(21)22/h2-5,7-8H,1,6H2,(H,15,18,20)/b11-8+. The molecule has 0 aromatic heterocycles. The van der Waals surface area contributed by atoms with Crippen LogP contribution in [0.4, 0.5) is 10.5 Å². The smallest absolute Gasteiger partial charge is 0.273 e. The first-order valence-corrected chi connectivity index (χ1v) is 6.18. The van der Waals surface area contributed by atoms with E-state index in [1.165, 1.54) is 36.4 Å². The van der Waals surface area contributed by atoms with Crippen molar-refractivity contribution in [3.05, 3.63) is 58.2 Å². The molecule has 0 saturated carbocycles. The zero-order valence-corrected chi connectivity index (χ0v) is 11.3. The van der Waals surface area contributed by atoms with Gasteiger partial charge in [-0.05, 0) is 11.6 Å². The van der Waals surface area contributed by atoms with Gasteiger partial charge in [0.05, 0.1) is 4.92 Å². The number of nitro benzene ring substituents is 1. The number of imide groups is 2. The van der Waals surface area contributed by atoms with Crippen LogP contribution in [0.2, 0.25) is 0 Å². The molecule has 0 unspecified atom stereocenters. The molecule has 4 amide bonds. The van der Waals surface area contributed by atoms with Gasteiger partial charge in [0.15, 0.2) is 0 Å². The number of urea groups is 1. The van der Waals surface area contributed by atoms with Crippen LogP contribution in [0, 0.1) is 10.1 Å². The molecule has 8 nitrogen and oxygen atoms in total. The number of nitro groups is 1. The highest BCUT2D eigenvalue weighted by molar-refractivity contribution is 6.31. The molecule has 1 heterocycles. The van der Waals surface area contributed by atoms with Crippen LogP contribution in [0.15, 0.2) is 42.5 Å². The van der Waals surface area contributed by atoms with Crippen molar-refractivity contribution < 1.29 is 19.3 Å². The third-order valence-electron chi connectivity index (χ3n) is 2.89. The van der Waals surface area contributed by atoms with Gasteiger partial charge in [-0.2, -0.15) is 0 Å². The Morgan fingerprint density at radius 1 is 1.32 bits per heavy atom. The topological polar surface area (TPSA) is 110 Å². The lowest BCUT2D eigenvalue weighted by molar-refractivity contribution is -0.384. The van der Waals surface area contributed by atoms with Gasteiger partial charge in [-0.25, -0.2) is 4.79 Å². The van der Waals surface area contributed by atoms with Crippen LogP contribution in [0.5, 0.6) is 0 Å². The van der Waals surface area contributed by atoms with Gasteiger partial charge in [0.25, 0.3) is 17.5 Å². The summed E-state index contributed by atoms with van der Waals surface area (Å²) in [5, 5.41) is 12.8. The lowest BCUT2D eigenvalue weighted by Gasteiger charge is -2.25. The quantitative estimate of drug-likeness (QED) is 0.296. The Balaban J connectivity index is 2.40. The second kappa shape index (κ2) is 6.00. The molecule has 1 saturated heterocycles. The van der Waals surface area contributed by atoms with Gasteiger partial charge in [0, 0.05) is 18.7 Å². The average molecular weight is 301 g/mol. The summed E-state index contributed by atoms with van der Waals surface area (Å²) in [7, 11) is 0. The van der Waals surface area contributed by atoms with Gasteiger partial charge < -0.3 is 0 Å². The number of barbiturate groups is 1. The summed E-state index contributed by atoms with van der Waals surface area (Å²) in [6, 6.07) is 4.63. The van der Waals surface area contributed by atoms with Gasteiger partial charge in [-0.3, -0.25) is 29.9 Å². The molecule has 0 aliphatic carbocycles. The molecule has 112 valence electrons. The van der Waals surface area contributed by atoms with Gasteiger partial charge in [-0.15, -0.1) is 6.58 Å². The summed E-state index contributed by atoms with van der Waals surface area (Å²) < 4.78 is 0. The summed E-state index contributed by atoms with van der Waals surface area (Å²) in [6.07, 6.45) is 2.55. The van der Waals surface area contributed by atoms with Gasteiger partial charge in [0.2, 0.25) is 0 Å². The highest BCUT2D eigenvalue weighted by atomic mass is 16.6. The largest absolute Gasteiger partial charge is 0.331 e. The van der Waals surface area contributed by atoms with Crippen LogP contribution < -0.4 is 5.32 Å². The molecule has 0 atom stereocenters. The summed E-state index contributed by atoms with van der Waals surface area (Å²) in [5.41, 5.74) is -0.139. The first-order chi connectivity index (χ1) is 10.4. The number of amides is 4. The van der Waals surface area contributed by atoms with Crippen molar-refractivity contribution in [2.45, 2.75) is 0 Å². The molecule has 22 heavy (non-hydrogen) atoms. The fourth-order valence-corrected chi connectivity index (χ4v) is 1.88. The number of rotatable bonds is 4. The lowest BCUT2D eigenvalue weighted by Crippen LogP contribution is -2.54. The summed E-state index contributed by atoms with van der Waals surface area (Å²) in [5.74, 6) is -1.62. The van der Waals surface area contributed by atoms with Gasteiger partial charge >= 0.3 is 6.03 Å². The molecule has 1 N–H and O–H groups in total. The molecule has 1 aliphatic rings. The van der Waals surface area contributed by atoms with E-state index in [4.69, 9.17) is 0 Å². The average Bonchev–Trinajstić information content (AvgIpc) is 2.48. The zero-order valence-electron chi connectivity index (χ0n) is 11.3.